The maximum absolute atomic E-state index is 3.80. The van der Waals surface area contributed by atoms with Crippen LogP contribution in [-0.2, 0) is 12.8 Å². The molecule has 0 nitrogen and oxygen atoms in total. The molecule has 0 N–H and O–H groups in total. The molecule has 0 unspecified atom stereocenters. The van der Waals surface area contributed by atoms with E-state index in [1.165, 1.54) is 26.7 Å². The zero-order valence-electron chi connectivity index (χ0n) is 11.8. The summed E-state index contributed by atoms with van der Waals surface area (Å²) in [5.74, 6) is 0. The van der Waals surface area contributed by atoms with Gasteiger partial charge in [-0.15, -0.1) is 0 Å². The Kier molecular flexibility index (Phi) is 4.52. The fourth-order valence-corrected chi connectivity index (χ4v) is 3.08. The van der Waals surface area contributed by atoms with Gasteiger partial charge in [0.1, 0.15) is 0 Å². The topological polar surface area (TPSA) is 0 Å². The van der Waals surface area contributed by atoms with Crippen LogP contribution in [0.1, 0.15) is 22.3 Å². The first-order valence-electron chi connectivity index (χ1n) is 7.17. The van der Waals surface area contributed by atoms with Gasteiger partial charge in [-0.1, -0.05) is 94.8 Å². The number of hydrogen-bond acceptors (Lipinski definition) is 0. The van der Waals surface area contributed by atoms with Crippen molar-refractivity contribution < 1.29 is 0 Å². The van der Waals surface area contributed by atoms with Crippen LogP contribution in [0.4, 0.5) is 0 Å². The second-order valence-corrected chi connectivity index (χ2v) is 6.01. The summed E-state index contributed by atoms with van der Waals surface area (Å²) in [6, 6.07) is 27.8. The average molecular weight is 337 g/mol. The molecule has 0 radical (unpaired) electrons. The molecule has 0 fully saturated rings. The van der Waals surface area contributed by atoms with E-state index < -0.39 is 0 Å². The molecule has 0 bridgehead atoms. The van der Waals surface area contributed by atoms with Gasteiger partial charge < -0.3 is 0 Å². The molecule has 0 aliphatic heterocycles. The van der Waals surface area contributed by atoms with Crippen LogP contribution in [-0.4, -0.2) is 0 Å². The third kappa shape index (κ3) is 3.62. The third-order valence-electron chi connectivity index (χ3n) is 3.63. The SMILES string of the molecule is Brc1c(Cc2ccccc2)cccc1Cc1ccccc1. The van der Waals surface area contributed by atoms with Crippen molar-refractivity contribution in [2.24, 2.45) is 0 Å². The molecule has 3 aromatic rings. The van der Waals surface area contributed by atoms with E-state index in [9.17, 15) is 0 Å². The minimum Gasteiger partial charge on any atom is -0.0622 e. The normalized spacial score (nSPS) is 10.5. The first kappa shape index (κ1) is 14.1. The summed E-state index contributed by atoms with van der Waals surface area (Å²) in [5.41, 5.74) is 5.37. The summed E-state index contributed by atoms with van der Waals surface area (Å²) in [7, 11) is 0. The Morgan fingerprint density at radius 1 is 0.524 bits per heavy atom. The lowest BCUT2D eigenvalue weighted by Gasteiger charge is -2.10. The van der Waals surface area contributed by atoms with Crippen molar-refractivity contribution >= 4 is 15.9 Å². The highest BCUT2D eigenvalue weighted by atomic mass is 79.9. The van der Waals surface area contributed by atoms with Gasteiger partial charge in [0.05, 0.1) is 0 Å². The lowest BCUT2D eigenvalue weighted by Crippen LogP contribution is -1.95. The summed E-state index contributed by atoms with van der Waals surface area (Å²) in [4.78, 5) is 0. The smallest absolute Gasteiger partial charge is 0.0246 e. The highest BCUT2D eigenvalue weighted by molar-refractivity contribution is 9.10. The Bertz CT molecular complexity index is 643. The van der Waals surface area contributed by atoms with Gasteiger partial charge in [0, 0.05) is 4.47 Å². The van der Waals surface area contributed by atoms with E-state index in [-0.39, 0.29) is 0 Å². The van der Waals surface area contributed by atoms with Crippen molar-refractivity contribution in [3.05, 3.63) is 106 Å². The number of hydrogen-bond donors (Lipinski definition) is 0. The quantitative estimate of drug-likeness (QED) is 0.579. The van der Waals surface area contributed by atoms with E-state index in [1.807, 2.05) is 0 Å². The Morgan fingerprint density at radius 3 is 1.38 bits per heavy atom. The minimum atomic E-state index is 0.962. The Hall–Kier alpha value is -1.86. The molecule has 0 spiro atoms. The fourth-order valence-electron chi connectivity index (χ4n) is 2.54. The van der Waals surface area contributed by atoms with Gasteiger partial charge in [0.15, 0.2) is 0 Å². The minimum absolute atomic E-state index is 0.962. The van der Waals surface area contributed by atoms with Gasteiger partial charge in [-0.05, 0) is 35.1 Å². The lowest BCUT2D eigenvalue weighted by molar-refractivity contribution is 1.12. The van der Waals surface area contributed by atoms with E-state index in [2.05, 4.69) is 94.8 Å². The van der Waals surface area contributed by atoms with Gasteiger partial charge in [-0.2, -0.15) is 0 Å². The maximum atomic E-state index is 3.80. The molecule has 0 heterocycles. The van der Waals surface area contributed by atoms with E-state index in [0.29, 0.717) is 0 Å². The van der Waals surface area contributed by atoms with Crippen LogP contribution in [0, 0.1) is 0 Å². The summed E-state index contributed by atoms with van der Waals surface area (Å²) in [5, 5.41) is 0. The van der Waals surface area contributed by atoms with E-state index in [1.54, 1.807) is 0 Å². The summed E-state index contributed by atoms with van der Waals surface area (Å²) in [6.07, 6.45) is 1.92. The molecule has 3 rings (SSSR count). The van der Waals surface area contributed by atoms with Crippen molar-refractivity contribution in [1.82, 2.24) is 0 Å². The van der Waals surface area contributed by atoms with E-state index in [0.717, 1.165) is 12.8 Å². The van der Waals surface area contributed by atoms with Crippen molar-refractivity contribution in [3.63, 3.8) is 0 Å². The first-order valence-corrected chi connectivity index (χ1v) is 7.96. The molecular weight excluding hydrogens is 320 g/mol. The van der Waals surface area contributed by atoms with Crippen LogP contribution in [0.15, 0.2) is 83.3 Å². The molecular formula is C20H17Br. The molecule has 0 atom stereocenters. The fraction of sp³-hybridized carbons (Fsp3) is 0.100. The van der Waals surface area contributed by atoms with E-state index in [4.69, 9.17) is 0 Å². The predicted octanol–water partition coefficient (Wildman–Crippen LogP) is 5.63. The highest BCUT2D eigenvalue weighted by Gasteiger charge is 2.07. The second kappa shape index (κ2) is 6.73. The molecule has 104 valence electrons. The van der Waals surface area contributed by atoms with Crippen molar-refractivity contribution in [3.8, 4) is 0 Å². The number of benzene rings is 3. The number of rotatable bonds is 4. The van der Waals surface area contributed by atoms with Crippen LogP contribution in [0.2, 0.25) is 0 Å². The average Bonchev–Trinajstić information content (AvgIpc) is 2.53. The van der Waals surface area contributed by atoms with Crippen LogP contribution >= 0.6 is 15.9 Å². The summed E-state index contributed by atoms with van der Waals surface area (Å²) < 4.78 is 1.23. The summed E-state index contributed by atoms with van der Waals surface area (Å²) >= 11 is 3.80. The first-order chi connectivity index (χ1) is 10.3. The van der Waals surface area contributed by atoms with Crippen LogP contribution < -0.4 is 0 Å². The van der Waals surface area contributed by atoms with Gasteiger partial charge in [-0.3, -0.25) is 0 Å². The Balaban J connectivity index is 1.85. The summed E-state index contributed by atoms with van der Waals surface area (Å²) in [6.45, 7) is 0. The molecule has 0 aromatic heterocycles. The molecule has 3 aromatic carbocycles. The Morgan fingerprint density at radius 2 is 0.952 bits per heavy atom. The van der Waals surface area contributed by atoms with Crippen LogP contribution in [0.3, 0.4) is 0 Å². The molecule has 0 saturated heterocycles. The molecule has 0 aliphatic rings. The second-order valence-electron chi connectivity index (χ2n) is 5.21. The standard InChI is InChI=1S/C20H17Br/c21-20-18(14-16-8-3-1-4-9-16)12-7-13-19(20)15-17-10-5-2-6-11-17/h1-13H,14-15H2. The van der Waals surface area contributed by atoms with Gasteiger partial charge >= 0.3 is 0 Å². The van der Waals surface area contributed by atoms with Crippen molar-refractivity contribution in [2.45, 2.75) is 12.8 Å². The zero-order valence-corrected chi connectivity index (χ0v) is 13.4. The van der Waals surface area contributed by atoms with Gasteiger partial charge in [-0.25, -0.2) is 0 Å². The predicted molar refractivity (Wildman–Crippen MR) is 92.6 cm³/mol. The zero-order chi connectivity index (χ0) is 14.5. The lowest BCUT2D eigenvalue weighted by atomic mass is 9.99. The van der Waals surface area contributed by atoms with Crippen LogP contribution in [0.25, 0.3) is 0 Å². The molecule has 0 aliphatic carbocycles. The molecule has 0 amide bonds. The van der Waals surface area contributed by atoms with Crippen molar-refractivity contribution in [2.75, 3.05) is 0 Å². The molecule has 21 heavy (non-hydrogen) atoms. The van der Waals surface area contributed by atoms with E-state index >= 15 is 0 Å². The van der Waals surface area contributed by atoms with Gasteiger partial charge in [0.25, 0.3) is 0 Å². The molecule has 1 heteroatoms. The highest BCUT2D eigenvalue weighted by Crippen LogP contribution is 2.26. The van der Waals surface area contributed by atoms with Gasteiger partial charge in [0.2, 0.25) is 0 Å². The van der Waals surface area contributed by atoms with Crippen LogP contribution in [0.5, 0.6) is 0 Å². The Labute approximate surface area is 134 Å². The largest absolute Gasteiger partial charge is 0.0622 e. The number of halogens is 1. The monoisotopic (exact) mass is 336 g/mol. The molecule has 0 saturated carbocycles. The van der Waals surface area contributed by atoms with Crippen molar-refractivity contribution in [1.29, 1.82) is 0 Å². The maximum Gasteiger partial charge on any atom is 0.0246 e. The third-order valence-corrected chi connectivity index (χ3v) is 4.65.